The summed E-state index contributed by atoms with van der Waals surface area (Å²) in [7, 11) is -1.93. The summed E-state index contributed by atoms with van der Waals surface area (Å²) in [4.78, 5) is 13.9. The van der Waals surface area contributed by atoms with E-state index in [0.717, 1.165) is 35.2 Å². The Kier molecular flexibility index (Phi) is 6.12. The number of hydrogen-bond acceptors (Lipinski definition) is 3. The first-order valence-electron chi connectivity index (χ1n) is 13.0. The van der Waals surface area contributed by atoms with Crippen LogP contribution >= 0.6 is 0 Å². The molecule has 2 aliphatic heterocycles. The molecule has 196 valence electrons. The zero-order valence-electron chi connectivity index (χ0n) is 21.5. The molecular weight excluding hydrogens is 501 g/mol. The van der Waals surface area contributed by atoms with Crippen molar-refractivity contribution in [1.82, 2.24) is 8.87 Å². The first kappa shape index (κ1) is 24.8. The number of fused-ring (bicyclic) bond motifs is 2. The van der Waals surface area contributed by atoms with E-state index in [1.54, 1.807) is 34.5 Å². The highest BCUT2D eigenvalue weighted by Crippen LogP contribution is 2.39. The van der Waals surface area contributed by atoms with Crippen molar-refractivity contribution in [2.24, 2.45) is 0 Å². The number of para-hydroxylation sites is 1. The van der Waals surface area contributed by atoms with Crippen LogP contribution in [0.2, 0.25) is 0 Å². The number of amides is 1. The monoisotopic (exact) mass is 531 g/mol. The zero-order valence-corrected chi connectivity index (χ0v) is 22.3. The van der Waals surface area contributed by atoms with Gasteiger partial charge in [0, 0.05) is 49.0 Å². The summed E-state index contributed by atoms with van der Waals surface area (Å²) in [6.45, 7) is 3.67. The molecular formula is C30H30FN3O3S. The fourth-order valence-electron chi connectivity index (χ4n) is 6.09. The van der Waals surface area contributed by atoms with Gasteiger partial charge in [0.1, 0.15) is 5.82 Å². The third-order valence-electron chi connectivity index (χ3n) is 8.16. The summed E-state index contributed by atoms with van der Waals surface area (Å²) >= 11 is 0. The number of nitrogens with zero attached hydrogens (tertiary/aromatic N) is 3. The van der Waals surface area contributed by atoms with Crippen molar-refractivity contribution in [2.75, 3.05) is 25.0 Å². The van der Waals surface area contributed by atoms with Gasteiger partial charge in [0.2, 0.25) is 15.9 Å². The molecule has 1 amide bonds. The molecule has 0 unspecified atom stereocenters. The molecule has 1 fully saturated rings. The summed E-state index contributed by atoms with van der Waals surface area (Å²) in [5, 5.41) is 1.20. The van der Waals surface area contributed by atoms with E-state index in [1.165, 1.54) is 28.8 Å². The van der Waals surface area contributed by atoms with E-state index < -0.39 is 10.0 Å². The highest BCUT2D eigenvalue weighted by atomic mass is 32.2. The van der Waals surface area contributed by atoms with Crippen LogP contribution in [0.1, 0.15) is 41.1 Å². The Balaban J connectivity index is 1.25. The van der Waals surface area contributed by atoms with E-state index >= 15 is 0 Å². The number of anilines is 1. The Labute approximate surface area is 222 Å². The smallest absolute Gasteiger partial charge is 0.243 e. The number of aromatic nitrogens is 1. The highest BCUT2D eigenvalue weighted by Gasteiger charge is 2.33. The first-order valence-corrected chi connectivity index (χ1v) is 14.4. The molecule has 0 saturated carbocycles. The van der Waals surface area contributed by atoms with Gasteiger partial charge in [0.05, 0.1) is 11.3 Å². The molecule has 1 aromatic heterocycles. The summed E-state index contributed by atoms with van der Waals surface area (Å²) in [5.41, 5.74) is 6.16. The van der Waals surface area contributed by atoms with Gasteiger partial charge in [-0.3, -0.25) is 4.79 Å². The molecule has 6 rings (SSSR count). The van der Waals surface area contributed by atoms with Gasteiger partial charge < -0.3 is 9.47 Å². The van der Waals surface area contributed by atoms with Crippen molar-refractivity contribution in [3.8, 4) is 0 Å². The Morgan fingerprint density at radius 2 is 1.68 bits per heavy atom. The van der Waals surface area contributed by atoms with Crippen LogP contribution in [0, 0.1) is 12.7 Å². The van der Waals surface area contributed by atoms with Crippen molar-refractivity contribution in [3.05, 3.63) is 94.9 Å². The largest absolute Gasteiger partial charge is 0.340 e. The van der Waals surface area contributed by atoms with Crippen LogP contribution < -0.4 is 4.90 Å². The second-order valence-corrected chi connectivity index (χ2v) is 12.3. The van der Waals surface area contributed by atoms with Gasteiger partial charge in [0.25, 0.3) is 0 Å². The standard InChI is InChI=1S/C30H30FN3O3S/c1-20-30(26-5-3-4-6-28(26)34(20)19-21-7-9-24(31)10-8-21)22-13-15-33(16-14-22)38(36,37)25-11-12-27-23(17-25)18-29(35)32(27)2/h3-12,17,22H,13-16,18-19H2,1-2H3. The molecule has 38 heavy (non-hydrogen) atoms. The zero-order chi connectivity index (χ0) is 26.6. The van der Waals surface area contributed by atoms with Gasteiger partial charge in [-0.25, -0.2) is 12.8 Å². The average molecular weight is 532 g/mol. The average Bonchev–Trinajstić information content (AvgIpc) is 3.37. The number of piperidine rings is 1. The maximum Gasteiger partial charge on any atom is 0.243 e. The Hall–Kier alpha value is -3.49. The molecule has 0 aliphatic carbocycles. The normalized spacial score (nSPS) is 16.9. The lowest BCUT2D eigenvalue weighted by atomic mass is 9.88. The molecule has 0 N–H and O–H groups in total. The topological polar surface area (TPSA) is 62.6 Å². The number of benzene rings is 3. The van der Waals surface area contributed by atoms with Gasteiger partial charge in [0.15, 0.2) is 0 Å². The predicted molar refractivity (Wildman–Crippen MR) is 146 cm³/mol. The Morgan fingerprint density at radius 3 is 2.42 bits per heavy atom. The van der Waals surface area contributed by atoms with Crippen LogP contribution in [-0.2, 0) is 27.8 Å². The number of hydrogen-bond donors (Lipinski definition) is 0. The summed E-state index contributed by atoms with van der Waals surface area (Å²) in [5.74, 6) is -0.0256. The minimum atomic E-state index is -3.65. The number of rotatable bonds is 5. The lowest BCUT2D eigenvalue weighted by Gasteiger charge is -2.32. The van der Waals surface area contributed by atoms with Crippen LogP contribution in [0.5, 0.6) is 0 Å². The lowest BCUT2D eigenvalue weighted by molar-refractivity contribution is -0.117. The minimum Gasteiger partial charge on any atom is -0.340 e. The fraction of sp³-hybridized carbons (Fsp3) is 0.300. The van der Waals surface area contributed by atoms with E-state index in [2.05, 4.69) is 23.6 Å². The van der Waals surface area contributed by atoms with Crippen LogP contribution in [0.3, 0.4) is 0 Å². The SMILES string of the molecule is Cc1c(C2CCN(S(=O)(=O)c3ccc4c(c3)CC(=O)N4C)CC2)c2ccccc2n1Cc1ccc(F)cc1. The van der Waals surface area contributed by atoms with E-state index in [-0.39, 0.29) is 29.0 Å². The van der Waals surface area contributed by atoms with Crippen LogP contribution in [-0.4, -0.2) is 43.3 Å². The van der Waals surface area contributed by atoms with Gasteiger partial charge in [-0.1, -0.05) is 30.3 Å². The van der Waals surface area contributed by atoms with E-state index in [0.29, 0.717) is 19.6 Å². The number of carbonyl (C=O) groups excluding carboxylic acids is 1. The van der Waals surface area contributed by atoms with Gasteiger partial charge in [-0.2, -0.15) is 4.31 Å². The molecule has 6 nitrogen and oxygen atoms in total. The summed E-state index contributed by atoms with van der Waals surface area (Å²) < 4.78 is 44.3. The van der Waals surface area contributed by atoms with Crippen LogP contribution in [0.25, 0.3) is 10.9 Å². The highest BCUT2D eigenvalue weighted by molar-refractivity contribution is 7.89. The predicted octanol–water partition coefficient (Wildman–Crippen LogP) is 5.22. The molecule has 2 aliphatic rings. The fourth-order valence-corrected chi connectivity index (χ4v) is 7.61. The van der Waals surface area contributed by atoms with Crippen molar-refractivity contribution in [3.63, 3.8) is 0 Å². The molecule has 1 saturated heterocycles. The van der Waals surface area contributed by atoms with Gasteiger partial charge in [-0.15, -0.1) is 0 Å². The van der Waals surface area contributed by atoms with Crippen LogP contribution in [0.4, 0.5) is 10.1 Å². The molecule has 8 heteroatoms. The number of carbonyl (C=O) groups is 1. The minimum absolute atomic E-state index is 0.0238. The quantitative estimate of drug-likeness (QED) is 0.355. The van der Waals surface area contributed by atoms with Gasteiger partial charge >= 0.3 is 0 Å². The van der Waals surface area contributed by atoms with Crippen molar-refractivity contribution < 1.29 is 17.6 Å². The molecule has 0 bridgehead atoms. The second-order valence-electron chi connectivity index (χ2n) is 10.3. The second kappa shape index (κ2) is 9.36. The third kappa shape index (κ3) is 4.12. The molecule has 0 spiro atoms. The first-order chi connectivity index (χ1) is 18.2. The maximum atomic E-state index is 13.5. The van der Waals surface area contributed by atoms with Crippen molar-refractivity contribution in [2.45, 2.75) is 43.5 Å². The van der Waals surface area contributed by atoms with E-state index in [1.807, 2.05) is 24.3 Å². The number of halogens is 1. The lowest BCUT2D eigenvalue weighted by Crippen LogP contribution is -2.38. The van der Waals surface area contributed by atoms with E-state index in [4.69, 9.17) is 0 Å². The van der Waals surface area contributed by atoms with Crippen LogP contribution in [0.15, 0.2) is 71.6 Å². The summed E-state index contributed by atoms with van der Waals surface area (Å²) in [6, 6.07) is 20.0. The molecule has 3 heterocycles. The van der Waals surface area contributed by atoms with Crippen molar-refractivity contribution in [1.29, 1.82) is 0 Å². The molecule has 4 aromatic rings. The summed E-state index contributed by atoms with van der Waals surface area (Å²) in [6.07, 6.45) is 1.70. The molecule has 0 radical (unpaired) electrons. The van der Waals surface area contributed by atoms with Gasteiger partial charge in [-0.05, 0) is 78.8 Å². The third-order valence-corrected chi connectivity index (χ3v) is 10.1. The maximum absolute atomic E-state index is 13.5. The molecule has 0 atom stereocenters. The number of sulfonamides is 1. The van der Waals surface area contributed by atoms with E-state index in [9.17, 15) is 17.6 Å². The Bertz CT molecular complexity index is 1650. The Morgan fingerprint density at radius 1 is 0.974 bits per heavy atom. The van der Waals surface area contributed by atoms with Crippen molar-refractivity contribution >= 4 is 32.5 Å². The molecule has 3 aromatic carbocycles. The number of likely N-dealkylation sites (N-methyl/N-ethyl adjacent to an activating group) is 1.